The molecule has 0 heterocycles. The third-order valence-electron chi connectivity index (χ3n) is 2.60. The van der Waals surface area contributed by atoms with E-state index in [1.54, 1.807) is 12.1 Å². The van der Waals surface area contributed by atoms with Gasteiger partial charge in [-0.05, 0) is 30.4 Å². The maximum Gasteiger partial charge on any atom is 0.306 e. The van der Waals surface area contributed by atoms with Gasteiger partial charge in [-0.2, -0.15) is 0 Å². The Bertz CT molecular complexity index is 404. The van der Waals surface area contributed by atoms with Gasteiger partial charge in [0.25, 0.3) is 0 Å². The zero-order valence-corrected chi connectivity index (χ0v) is 10.7. The molecule has 0 aliphatic heterocycles. The van der Waals surface area contributed by atoms with E-state index >= 15 is 0 Å². The minimum Gasteiger partial charge on any atom is -0.481 e. The molecule has 1 unspecified atom stereocenters. The second-order valence-electron chi connectivity index (χ2n) is 4.58. The van der Waals surface area contributed by atoms with Crippen molar-refractivity contribution in [3.63, 3.8) is 0 Å². The number of carbonyl (C=O) groups is 1. The first-order chi connectivity index (χ1) is 7.91. The summed E-state index contributed by atoms with van der Waals surface area (Å²) in [6.07, 6.45) is 0.710. The molecule has 1 atom stereocenters. The van der Waals surface area contributed by atoms with E-state index in [-0.39, 0.29) is 17.4 Å². The molecule has 0 aromatic heterocycles. The fourth-order valence-corrected chi connectivity index (χ4v) is 2.01. The van der Waals surface area contributed by atoms with Gasteiger partial charge in [0.1, 0.15) is 5.82 Å². The van der Waals surface area contributed by atoms with Crippen LogP contribution in [0.25, 0.3) is 0 Å². The number of halogens is 2. The normalized spacial score (nSPS) is 12.8. The Morgan fingerprint density at radius 1 is 1.47 bits per heavy atom. The summed E-state index contributed by atoms with van der Waals surface area (Å²) in [4.78, 5) is 11.1. The number of carboxylic acid groups (broad SMARTS) is 1. The lowest BCUT2D eigenvalue weighted by molar-refractivity contribution is -0.142. The number of aliphatic carboxylic acids is 1. The maximum atomic E-state index is 13.6. The highest BCUT2D eigenvalue weighted by molar-refractivity contribution is 6.30. The summed E-state index contributed by atoms with van der Waals surface area (Å²) in [5.41, 5.74) is 0.366. The van der Waals surface area contributed by atoms with Gasteiger partial charge in [-0.3, -0.25) is 4.79 Å². The monoisotopic (exact) mass is 258 g/mol. The highest BCUT2D eigenvalue weighted by Crippen LogP contribution is 2.23. The molecule has 0 fully saturated rings. The Morgan fingerprint density at radius 2 is 2.12 bits per heavy atom. The van der Waals surface area contributed by atoms with Crippen LogP contribution >= 0.6 is 11.6 Å². The van der Waals surface area contributed by atoms with Crippen molar-refractivity contribution in [1.82, 2.24) is 0 Å². The highest BCUT2D eigenvalue weighted by atomic mass is 35.5. The van der Waals surface area contributed by atoms with Crippen LogP contribution in [0, 0.1) is 17.7 Å². The Labute approximate surface area is 105 Å². The molecule has 0 amide bonds. The van der Waals surface area contributed by atoms with Crippen LogP contribution in [0.1, 0.15) is 25.8 Å². The van der Waals surface area contributed by atoms with Crippen LogP contribution in [0.4, 0.5) is 4.39 Å². The van der Waals surface area contributed by atoms with Crippen molar-refractivity contribution in [2.24, 2.45) is 11.8 Å². The van der Waals surface area contributed by atoms with Crippen LogP contribution in [-0.4, -0.2) is 11.1 Å². The maximum absolute atomic E-state index is 13.6. The standard InChI is InChI=1S/C13H16ClFO2/c1-8(2)6-10(13(16)17)7-9-4-3-5-11(14)12(9)15/h3-5,8,10H,6-7H2,1-2H3,(H,16,17). The van der Waals surface area contributed by atoms with E-state index in [4.69, 9.17) is 16.7 Å². The zero-order chi connectivity index (χ0) is 13.0. The van der Waals surface area contributed by atoms with Crippen LogP contribution in [0.15, 0.2) is 18.2 Å². The summed E-state index contributed by atoms with van der Waals surface area (Å²) >= 11 is 5.66. The fraction of sp³-hybridized carbons (Fsp3) is 0.462. The molecule has 0 radical (unpaired) electrons. The molecule has 0 bridgehead atoms. The average molecular weight is 259 g/mol. The molecule has 0 saturated carbocycles. The summed E-state index contributed by atoms with van der Waals surface area (Å²) in [5.74, 6) is -1.71. The minimum absolute atomic E-state index is 0.0381. The second-order valence-corrected chi connectivity index (χ2v) is 4.99. The van der Waals surface area contributed by atoms with Gasteiger partial charge in [-0.15, -0.1) is 0 Å². The Morgan fingerprint density at radius 3 is 2.65 bits per heavy atom. The molecule has 0 spiro atoms. The molecular formula is C13H16ClFO2. The molecule has 1 aromatic carbocycles. The van der Waals surface area contributed by atoms with Crippen LogP contribution in [0.5, 0.6) is 0 Å². The van der Waals surface area contributed by atoms with E-state index in [9.17, 15) is 9.18 Å². The van der Waals surface area contributed by atoms with Crippen LogP contribution in [0.3, 0.4) is 0 Å². The van der Waals surface area contributed by atoms with E-state index in [2.05, 4.69) is 0 Å². The number of benzene rings is 1. The molecule has 17 heavy (non-hydrogen) atoms. The highest BCUT2D eigenvalue weighted by Gasteiger charge is 2.21. The number of rotatable bonds is 5. The molecule has 2 nitrogen and oxygen atoms in total. The molecule has 0 saturated heterocycles. The molecule has 1 N–H and O–H groups in total. The summed E-state index contributed by atoms with van der Waals surface area (Å²) in [6, 6.07) is 4.67. The smallest absolute Gasteiger partial charge is 0.306 e. The van der Waals surface area contributed by atoms with Crippen molar-refractivity contribution in [3.05, 3.63) is 34.6 Å². The van der Waals surface area contributed by atoms with Gasteiger partial charge in [-0.1, -0.05) is 37.6 Å². The third kappa shape index (κ3) is 4.00. The average Bonchev–Trinajstić information content (AvgIpc) is 2.22. The van der Waals surface area contributed by atoms with Crippen molar-refractivity contribution >= 4 is 17.6 Å². The van der Waals surface area contributed by atoms with Crippen molar-refractivity contribution in [2.75, 3.05) is 0 Å². The predicted octanol–water partition coefficient (Wildman–Crippen LogP) is 3.77. The number of hydrogen-bond acceptors (Lipinski definition) is 1. The van der Waals surface area contributed by atoms with Gasteiger partial charge in [0.05, 0.1) is 10.9 Å². The second kappa shape index (κ2) is 6.01. The first-order valence-electron chi connectivity index (χ1n) is 5.57. The molecule has 94 valence electrons. The Hall–Kier alpha value is -1.09. The van der Waals surface area contributed by atoms with Crippen molar-refractivity contribution in [1.29, 1.82) is 0 Å². The Kier molecular flexibility index (Phi) is 4.94. The summed E-state index contributed by atoms with van der Waals surface area (Å²) in [7, 11) is 0. The number of carboxylic acids is 1. The molecule has 0 aliphatic carbocycles. The van der Waals surface area contributed by atoms with E-state index < -0.39 is 17.7 Å². The Balaban J connectivity index is 2.86. The molecular weight excluding hydrogens is 243 g/mol. The fourth-order valence-electron chi connectivity index (χ4n) is 1.81. The summed E-state index contributed by atoms with van der Waals surface area (Å²) < 4.78 is 13.6. The molecule has 1 rings (SSSR count). The molecule has 1 aromatic rings. The SMILES string of the molecule is CC(C)CC(Cc1cccc(Cl)c1F)C(=O)O. The zero-order valence-electron chi connectivity index (χ0n) is 9.91. The van der Waals surface area contributed by atoms with Gasteiger partial charge in [0.2, 0.25) is 0 Å². The molecule has 4 heteroatoms. The summed E-state index contributed by atoms with van der Waals surface area (Å²) in [6.45, 7) is 3.90. The van der Waals surface area contributed by atoms with E-state index in [0.717, 1.165) is 0 Å². The van der Waals surface area contributed by atoms with Gasteiger partial charge < -0.3 is 5.11 Å². The van der Waals surface area contributed by atoms with E-state index in [0.29, 0.717) is 12.0 Å². The minimum atomic E-state index is -0.891. The van der Waals surface area contributed by atoms with Crippen molar-refractivity contribution < 1.29 is 14.3 Å². The summed E-state index contributed by atoms with van der Waals surface area (Å²) in [5, 5.41) is 9.13. The lowest BCUT2D eigenvalue weighted by Gasteiger charge is -2.15. The lowest BCUT2D eigenvalue weighted by atomic mass is 9.91. The quantitative estimate of drug-likeness (QED) is 0.873. The largest absolute Gasteiger partial charge is 0.481 e. The number of hydrogen-bond donors (Lipinski definition) is 1. The van der Waals surface area contributed by atoms with Crippen LogP contribution in [-0.2, 0) is 11.2 Å². The van der Waals surface area contributed by atoms with Gasteiger partial charge >= 0.3 is 5.97 Å². The van der Waals surface area contributed by atoms with Gasteiger partial charge in [-0.25, -0.2) is 4.39 Å². The first-order valence-corrected chi connectivity index (χ1v) is 5.95. The first kappa shape index (κ1) is 14.0. The van der Waals surface area contributed by atoms with Crippen LogP contribution in [0.2, 0.25) is 5.02 Å². The van der Waals surface area contributed by atoms with Crippen LogP contribution < -0.4 is 0 Å². The van der Waals surface area contributed by atoms with Crippen molar-refractivity contribution in [2.45, 2.75) is 26.7 Å². The van der Waals surface area contributed by atoms with Crippen molar-refractivity contribution in [3.8, 4) is 0 Å². The van der Waals surface area contributed by atoms with Gasteiger partial charge in [0.15, 0.2) is 0 Å². The third-order valence-corrected chi connectivity index (χ3v) is 2.89. The lowest BCUT2D eigenvalue weighted by Crippen LogP contribution is -2.19. The van der Waals surface area contributed by atoms with E-state index in [1.807, 2.05) is 13.8 Å². The van der Waals surface area contributed by atoms with E-state index in [1.165, 1.54) is 6.07 Å². The topological polar surface area (TPSA) is 37.3 Å². The predicted molar refractivity (Wildman–Crippen MR) is 65.7 cm³/mol. The van der Waals surface area contributed by atoms with Gasteiger partial charge in [0, 0.05) is 0 Å². The molecule has 0 aliphatic rings.